The number of hydrogen-bond acceptors (Lipinski definition) is 3. The van der Waals surface area contributed by atoms with Crippen LogP contribution < -0.4 is 5.32 Å². The van der Waals surface area contributed by atoms with Gasteiger partial charge in [-0.2, -0.15) is 0 Å². The Morgan fingerprint density at radius 1 is 1.50 bits per heavy atom. The van der Waals surface area contributed by atoms with E-state index in [9.17, 15) is 4.79 Å². The van der Waals surface area contributed by atoms with E-state index in [0.29, 0.717) is 6.42 Å². The highest BCUT2D eigenvalue weighted by atomic mass is 16.5. The van der Waals surface area contributed by atoms with Crippen molar-refractivity contribution in [2.24, 2.45) is 0 Å². The third-order valence-corrected chi connectivity index (χ3v) is 2.92. The second kappa shape index (κ2) is 7.63. The number of nitrogens with one attached hydrogen (secondary N) is 1. The van der Waals surface area contributed by atoms with Gasteiger partial charge in [-0.1, -0.05) is 13.3 Å². The van der Waals surface area contributed by atoms with E-state index in [-0.39, 0.29) is 12.0 Å². The lowest BCUT2D eigenvalue weighted by atomic mass is 10.2. The van der Waals surface area contributed by atoms with Gasteiger partial charge in [0.1, 0.15) is 0 Å². The topological polar surface area (TPSA) is 41.6 Å². The largest absolute Gasteiger partial charge is 0.375 e. The Hall–Kier alpha value is -0.610. The van der Waals surface area contributed by atoms with Gasteiger partial charge in [-0.25, -0.2) is 0 Å². The summed E-state index contributed by atoms with van der Waals surface area (Å²) in [5.41, 5.74) is 0. The van der Waals surface area contributed by atoms with Crippen LogP contribution in [0.2, 0.25) is 0 Å². The van der Waals surface area contributed by atoms with Crippen molar-refractivity contribution in [3.8, 4) is 0 Å². The van der Waals surface area contributed by atoms with Crippen LogP contribution in [0.15, 0.2) is 0 Å². The Balaban J connectivity index is 2.29. The fraction of sp³-hybridized carbons (Fsp3) is 0.917. The Kier molecular flexibility index (Phi) is 6.42. The molecule has 1 amide bonds. The number of ether oxygens (including phenoxy) is 1. The molecular formula is C12H24N2O2. The number of morpholine rings is 1. The first-order valence-electron chi connectivity index (χ1n) is 6.38. The average molecular weight is 228 g/mol. The molecule has 0 saturated carbocycles. The maximum Gasteiger partial charge on any atom is 0.225 e. The van der Waals surface area contributed by atoms with Crippen molar-refractivity contribution >= 4 is 5.91 Å². The van der Waals surface area contributed by atoms with E-state index in [1.54, 1.807) is 0 Å². The van der Waals surface area contributed by atoms with Crippen LogP contribution in [0.1, 0.15) is 33.1 Å². The SMILES string of the molecule is CCCCN(CC)C(=O)CC1CNCCO1. The highest BCUT2D eigenvalue weighted by Crippen LogP contribution is 2.06. The highest BCUT2D eigenvalue weighted by Gasteiger charge is 2.20. The maximum atomic E-state index is 12.0. The van der Waals surface area contributed by atoms with Crippen molar-refractivity contribution in [2.75, 3.05) is 32.8 Å². The second-order valence-electron chi connectivity index (χ2n) is 4.23. The molecule has 1 saturated heterocycles. The smallest absolute Gasteiger partial charge is 0.225 e. The molecule has 1 atom stereocenters. The fourth-order valence-corrected chi connectivity index (χ4v) is 1.88. The number of carbonyl (C=O) groups is 1. The normalized spacial score (nSPS) is 20.8. The summed E-state index contributed by atoms with van der Waals surface area (Å²) < 4.78 is 5.54. The number of carbonyl (C=O) groups excluding carboxylic acids is 1. The highest BCUT2D eigenvalue weighted by molar-refractivity contribution is 5.76. The van der Waals surface area contributed by atoms with Gasteiger partial charge in [-0.15, -0.1) is 0 Å². The molecule has 0 aromatic carbocycles. The van der Waals surface area contributed by atoms with Crippen LogP contribution >= 0.6 is 0 Å². The molecule has 1 N–H and O–H groups in total. The molecule has 0 aromatic heterocycles. The molecule has 0 aliphatic carbocycles. The molecule has 1 aliphatic rings. The van der Waals surface area contributed by atoms with Gasteiger partial charge in [0.15, 0.2) is 0 Å². The summed E-state index contributed by atoms with van der Waals surface area (Å²) in [5.74, 6) is 0.227. The van der Waals surface area contributed by atoms with Crippen LogP contribution in [0.4, 0.5) is 0 Å². The van der Waals surface area contributed by atoms with Gasteiger partial charge in [-0.3, -0.25) is 4.79 Å². The molecule has 1 fully saturated rings. The molecule has 1 rings (SSSR count). The summed E-state index contributed by atoms with van der Waals surface area (Å²) in [5, 5.41) is 3.24. The van der Waals surface area contributed by atoms with Gasteiger partial charge in [-0.05, 0) is 13.3 Å². The number of unbranched alkanes of at least 4 members (excludes halogenated alkanes) is 1. The van der Waals surface area contributed by atoms with Crippen molar-refractivity contribution in [3.05, 3.63) is 0 Å². The lowest BCUT2D eigenvalue weighted by molar-refractivity contribution is -0.134. The minimum Gasteiger partial charge on any atom is -0.375 e. The quantitative estimate of drug-likeness (QED) is 0.738. The molecule has 0 spiro atoms. The number of amides is 1. The summed E-state index contributed by atoms with van der Waals surface area (Å²) in [6, 6.07) is 0. The van der Waals surface area contributed by atoms with E-state index < -0.39 is 0 Å². The first-order chi connectivity index (χ1) is 7.77. The predicted octanol–water partition coefficient (Wildman–Crippen LogP) is 1.01. The van der Waals surface area contributed by atoms with Crippen molar-refractivity contribution in [2.45, 2.75) is 39.2 Å². The molecule has 0 bridgehead atoms. The van der Waals surface area contributed by atoms with E-state index in [4.69, 9.17) is 4.74 Å². The lowest BCUT2D eigenvalue weighted by Crippen LogP contribution is -2.42. The summed E-state index contributed by atoms with van der Waals surface area (Å²) >= 11 is 0. The van der Waals surface area contributed by atoms with Gasteiger partial charge in [0.05, 0.1) is 19.1 Å². The van der Waals surface area contributed by atoms with Crippen molar-refractivity contribution in [1.82, 2.24) is 10.2 Å². The lowest BCUT2D eigenvalue weighted by Gasteiger charge is -2.26. The summed E-state index contributed by atoms with van der Waals surface area (Å²) in [7, 11) is 0. The average Bonchev–Trinajstić information content (AvgIpc) is 2.31. The predicted molar refractivity (Wildman–Crippen MR) is 64.4 cm³/mol. The van der Waals surface area contributed by atoms with E-state index in [1.165, 1.54) is 0 Å². The molecular weight excluding hydrogens is 204 g/mol. The minimum atomic E-state index is 0.0666. The molecule has 1 unspecified atom stereocenters. The van der Waals surface area contributed by atoms with Gasteiger partial charge < -0.3 is 15.0 Å². The van der Waals surface area contributed by atoms with Crippen LogP contribution in [0.5, 0.6) is 0 Å². The van der Waals surface area contributed by atoms with Crippen LogP contribution in [0.25, 0.3) is 0 Å². The number of rotatable bonds is 6. The number of nitrogens with zero attached hydrogens (tertiary/aromatic N) is 1. The zero-order valence-corrected chi connectivity index (χ0v) is 10.5. The molecule has 94 valence electrons. The molecule has 0 aromatic rings. The zero-order valence-electron chi connectivity index (χ0n) is 10.5. The van der Waals surface area contributed by atoms with Gasteiger partial charge in [0, 0.05) is 26.2 Å². The van der Waals surface area contributed by atoms with Crippen LogP contribution in [0, 0.1) is 0 Å². The Bertz CT molecular complexity index is 203. The van der Waals surface area contributed by atoms with Crippen LogP contribution in [0.3, 0.4) is 0 Å². The first kappa shape index (κ1) is 13.5. The van der Waals surface area contributed by atoms with Crippen molar-refractivity contribution < 1.29 is 9.53 Å². The summed E-state index contributed by atoms with van der Waals surface area (Å²) in [4.78, 5) is 13.9. The van der Waals surface area contributed by atoms with Gasteiger partial charge in [0.2, 0.25) is 5.91 Å². The van der Waals surface area contributed by atoms with Crippen LogP contribution in [-0.4, -0.2) is 49.7 Å². The van der Waals surface area contributed by atoms with E-state index in [2.05, 4.69) is 12.2 Å². The third-order valence-electron chi connectivity index (χ3n) is 2.92. The maximum absolute atomic E-state index is 12.0. The standard InChI is InChI=1S/C12H24N2O2/c1-3-5-7-14(4-2)12(15)9-11-10-13-6-8-16-11/h11,13H,3-10H2,1-2H3. The Morgan fingerprint density at radius 2 is 2.31 bits per heavy atom. The first-order valence-corrected chi connectivity index (χ1v) is 6.38. The van der Waals surface area contributed by atoms with Crippen LogP contribution in [-0.2, 0) is 9.53 Å². The minimum absolute atomic E-state index is 0.0666. The van der Waals surface area contributed by atoms with E-state index in [0.717, 1.165) is 45.6 Å². The summed E-state index contributed by atoms with van der Waals surface area (Å²) in [6.07, 6.45) is 2.80. The van der Waals surface area contributed by atoms with Gasteiger partial charge in [0.25, 0.3) is 0 Å². The molecule has 1 aliphatic heterocycles. The Morgan fingerprint density at radius 3 is 2.88 bits per heavy atom. The van der Waals surface area contributed by atoms with E-state index >= 15 is 0 Å². The third kappa shape index (κ3) is 4.49. The van der Waals surface area contributed by atoms with Gasteiger partial charge >= 0.3 is 0 Å². The molecule has 4 nitrogen and oxygen atoms in total. The number of hydrogen-bond donors (Lipinski definition) is 1. The molecule has 1 heterocycles. The second-order valence-corrected chi connectivity index (χ2v) is 4.23. The fourth-order valence-electron chi connectivity index (χ4n) is 1.88. The Labute approximate surface area is 98.3 Å². The summed E-state index contributed by atoms with van der Waals surface area (Å²) in [6.45, 7) is 8.29. The molecule has 0 radical (unpaired) electrons. The van der Waals surface area contributed by atoms with Crippen molar-refractivity contribution in [1.29, 1.82) is 0 Å². The van der Waals surface area contributed by atoms with Crippen molar-refractivity contribution in [3.63, 3.8) is 0 Å². The monoisotopic (exact) mass is 228 g/mol. The zero-order chi connectivity index (χ0) is 11.8. The molecule has 16 heavy (non-hydrogen) atoms. The molecule has 4 heteroatoms. The van der Waals surface area contributed by atoms with E-state index in [1.807, 2.05) is 11.8 Å².